The van der Waals surface area contributed by atoms with Crippen molar-refractivity contribution in [3.63, 3.8) is 0 Å². The summed E-state index contributed by atoms with van der Waals surface area (Å²) in [5.41, 5.74) is 11.3. The van der Waals surface area contributed by atoms with Gasteiger partial charge in [-0.3, -0.25) is 10.00 Å². The van der Waals surface area contributed by atoms with Gasteiger partial charge in [0.1, 0.15) is 0 Å². The lowest BCUT2D eigenvalue weighted by Gasteiger charge is -2.34. The zero-order valence-electron chi connectivity index (χ0n) is 16.7. The van der Waals surface area contributed by atoms with Crippen molar-refractivity contribution >= 4 is 28.7 Å². The molecule has 0 spiro atoms. The number of nitrogens with zero attached hydrogens (tertiary/aromatic N) is 3. The predicted octanol–water partition coefficient (Wildman–Crippen LogP) is 2.82. The van der Waals surface area contributed by atoms with Crippen LogP contribution in [0.1, 0.15) is 23.2 Å². The number of H-pyrrole nitrogens is 1. The number of nitrogens with two attached hydrogens (primary N) is 1. The molecule has 2 aromatic carbocycles. The number of aliphatic hydroxyl groups is 1. The highest BCUT2D eigenvalue weighted by atomic mass is 16.3. The molecule has 4 rings (SSSR count). The topological polar surface area (TPSA) is 81.4 Å². The molecule has 1 fully saturated rings. The van der Waals surface area contributed by atoms with Gasteiger partial charge >= 0.3 is 0 Å². The summed E-state index contributed by atoms with van der Waals surface area (Å²) in [5, 5.41) is 17.5. The van der Waals surface area contributed by atoms with Crippen LogP contribution in [-0.4, -0.2) is 64.4 Å². The fourth-order valence-corrected chi connectivity index (χ4v) is 3.88. The largest absolute Gasteiger partial charge is 0.398 e. The van der Waals surface area contributed by atoms with Crippen molar-refractivity contribution in [3.8, 4) is 0 Å². The van der Waals surface area contributed by atoms with E-state index in [4.69, 9.17) is 10.8 Å². The first kappa shape index (κ1) is 19.6. The Morgan fingerprint density at radius 1 is 1.03 bits per heavy atom. The van der Waals surface area contributed by atoms with Crippen LogP contribution < -0.4 is 5.73 Å². The number of benzene rings is 2. The lowest BCUT2D eigenvalue weighted by molar-refractivity contribution is 0.120. The molecular formula is C23H29N5O. The van der Waals surface area contributed by atoms with Crippen LogP contribution in [0.5, 0.6) is 0 Å². The van der Waals surface area contributed by atoms with Crippen molar-refractivity contribution < 1.29 is 5.11 Å². The first-order valence-electron chi connectivity index (χ1n) is 10.3. The van der Waals surface area contributed by atoms with Gasteiger partial charge in [-0.05, 0) is 35.8 Å². The van der Waals surface area contributed by atoms with Gasteiger partial charge in [-0.1, -0.05) is 36.4 Å². The average Bonchev–Trinajstić information content (AvgIpc) is 3.16. The van der Waals surface area contributed by atoms with Crippen LogP contribution in [0.25, 0.3) is 23.1 Å². The Bertz CT molecular complexity index is 972. The van der Waals surface area contributed by atoms with Crippen LogP contribution in [0.4, 0.5) is 5.69 Å². The predicted molar refractivity (Wildman–Crippen MR) is 119 cm³/mol. The molecule has 3 aromatic rings. The number of fused-ring (bicyclic) bond motifs is 1. The van der Waals surface area contributed by atoms with Gasteiger partial charge in [0.25, 0.3) is 0 Å². The summed E-state index contributed by atoms with van der Waals surface area (Å²) >= 11 is 0. The monoisotopic (exact) mass is 391 g/mol. The number of nitrogens with one attached hydrogen (secondary N) is 1. The van der Waals surface area contributed by atoms with E-state index in [1.807, 2.05) is 30.4 Å². The van der Waals surface area contributed by atoms with E-state index in [1.54, 1.807) is 0 Å². The molecule has 2 heterocycles. The Morgan fingerprint density at radius 2 is 1.83 bits per heavy atom. The average molecular weight is 392 g/mol. The SMILES string of the molecule is Nc1cc(CN2CCN(CCCO)CC2)ccc1C=Cc1n[nH]c2ccccc12. The van der Waals surface area contributed by atoms with Crippen LogP contribution in [0.15, 0.2) is 42.5 Å². The van der Waals surface area contributed by atoms with Crippen LogP contribution in [0, 0.1) is 0 Å². The summed E-state index contributed by atoms with van der Waals surface area (Å²) in [6.45, 7) is 6.42. The normalized spacial score (nSPS) is 16.2. The number of anilines is 1. The van der Waals surface area contributed by atoms with E-state index in [-0.39, 0.29) is 6.61 Å². The molecule has 1 saturated heterocycles. The Hall–Kier alpha value is -2.67. The number of aliphatic hydroxyl groups excluding tert-OH is 1. The zero-order valence-corrected chi connectivity index (χ0v) is 16.7. The third-order valence-corrected chi connectivity index (χ3v) is 5.58. The maximum absolute atomic E-state index is 8.97. The molecule has 1 aliphatic heterocycles. The van der Waals surface area contributed by atoms with Crippen molar-refractivity contribution in [1.29, 1.82) is 0 Å². The van der Waals surface area contributed by atoms with Crippen LogP contribution >= 0.6 is 0 Å². The summed E-state index contributed by atoms with van der Waals surface area (Å²) < 4.78 is 0. The van der Waals surface area contributed by atoms with E-state index in [2.05, 4.69) is 44.3 Å². The minimum atomic E-state index is 0.274. The Balaban J connectivity index is 1.37. The van der Waals surface area contributed by atoms with Gasteiger partial charge in [-0.15, -0.1) is 0 Å². The van der Waals surface area contributed by atoms with Gasteiger partial charge in [0.2, 0.25) is 0 Å². The number of piperazine rings is 1. The molecule has 4 N–H and O–H groups in total. The van der Waals surface area contributed by atoms with E-state index in [9.17, 15) is 0 Å². The second-order valence-corrected chi connectivity index (χ2v) is 7.65. The number of aromatic amines is 1. The van der Waals surface area contributed by atoms with Gasteiger partial charge in [0.05, 0.1) is 11.2 Å². The molecule has 0 atom stereocenters. The fraction of sp³-hybridized carbons (Fsp3) is 0.348. The molecule has 6 heteroatoms. The smallest absolute Gasteiger partial charge is 0.0927 e. The zero-order chi connectivity index (χ0) is 20.1. The van der Waals surface area contributed by atoms with Gasteiger partial charge in [0, 0.05) is 56.9 Å². The lowest BCUT2D eigenvalue weighted by atomic mass is 10.1. The van der Waals surface area contributed by atoms with E-state index in [0.29, 0.717) is 0 Å². The van der Waals surface area contributed by atoms with E-state index in [0.717, 1.165) is 73.5 Å². The van der Waals surface area contributed by atoms with E-state index >= 15 is 0 Å². The number of para-hydroxylation sites is 1. The molecule has 1 aliphatic rings. The summed E-state index contributed by atoms with van der Waals surface area (Å²) in [4.78, 5) is 4.89. The minimum absolute atomic E-state index is 0.274. The quantitative estimate of drug-likeness (QED) is 0.540. The van der Waals surface area contributed by atoms with E-state index < -0.39 is 0 Å². The summed E-state index contributed by atoms with van der Waals surface area (Å²) in [6.07, 6.45) is 4.90. The number of rotatable bonds is 7. The summed E-state index contributed by atoms with van der Waals surface area (Å²) in [5.74, 6) is 0. The van der Waals surface area contributed by atoms with Gasteiger partial charge in [-0.2, -0.15) is 5.10 Å². The molecule has 0 aliphatic carbocycles. The first-order valence-corrected chi connectivity index (χ1v) is 10.3. The molecule has 0 radical (unpaired) electrons. The van der Waals surface area contributed by atoms with Gasteiger partial charge in [0.15, 0.2) is 0 Å². The molecule has 29 heavy (non-hydrogen) atoms. The van der Waals surface area contributed by atoms with E-state index in [1.165, 1.54) is 5.56 Å². The number of aromatic nitrogens is 2. The van der Waals surface area contributed by atoms with Gasteiger partial charge < -0.3 is 15.7 Å². The van der Waals surface area contributed by atoms with Crippen molar-refractivity contribution in [2.24, 2.45) is 0 Å². The molecule has 6 nitrogen and oxygen atoms in total. The number of nitrogen functional groups attached to an aromatic ring is 1. The molecule has 0 bridgehead atoms. The molecule has 0 amide bonds. The van der Waals surface area contributed by atoms with Crippen LogP contribution in [0.2, 0.25) is 0 Å². The van der Waals surface area contributed by atoms with Crippen molar-refractivity contribution in [2.45, 2.75) is 13.0 Å². The summed E-state index contributed by atoms with van der Waals surface area (Å²) in [7, 11) is 0. The Labute approximate surface area is 171 Å². The second kappa shape index (κ2) is 9.22. The van der Waals surface area contributed by atoms with Crippen molar-refractivity contribution in [2.75, 3.05) is 45.1 Å². The molecule has 1 aromatic heterocycles. The standard InChI is InChI=1S/C23H29N5O/c24-21-16-18(17-28-13-11-27(12-14-28)10-3-15-29)6-7-19(21)8-9-23-20-4-1-2-5-22(20)25-26-23/h1-2,4-9,16,29H,3,10-15,17,24H2,(H,25,26). The fourth-order valence-electron chi connectivity index (χ4n) is 3.88. The maximum atomic E-state index is 8.97. The highest BCUT2D eigenvalue weighted by Gasteiger charge is 2.16. The third kappa shape index (κ3) is 4.85. The summed E-state index contributed by atoms with van der Waals surface area (Å²) in [6, 6.07) is 14.4. The number of hydrogen-bond acceptors (Lipinski definition) is 5. The van der Waals surface area contributed by atoms with Crippen LogP contribution in [-0.2, 0) is 6.54 Å². The van der Waals surface area contributed by atoms with Crippen LogP contribution in [0.3, 0.4) is 0 Å². The first-order chi connectivity index (χ1) is 14.2. The molecular weight excluding hydrogens is 362 g/mol. The highest BCUT2D eigenvalue weighted by Crippen LogP contribution is 2.21. The lowest BCUT2D eigenvalue weighted by Crippen LogP contribution is -2.46. The molecule has 0 unspecified atom stereocenters. The second-order valence-electron chi connectivity index (χ2n) is 7.65. The third-order valence-electron chi connectivity index (χ3n) is 5.58. The maximum Gasteiger partial charge on any atom is 0.0927 e. The molecule has 0 saturated carbocycles. The van der Waals surface area contributed by atoms with Gasteiger partial charge in [-0.25, -0.2) is 0 Å². The van der Waals surface area contributed by atoms with Crippen molar-refractivity contribution in [3.05, 3.63) is 59.3 Å². The highest BCUT2D eigenvalue weighted by molar-refractivity contribution is 5.90. The minimum Gasteiger partial charge on any atom is -0.398 e. The Morgan fingerprint density at radius 3 is 2.62 bits per heavy atom. The Kier molecular flexibility index (Phi) is 6.24. The van der Waals surface area contributed by atoms with Crippen molar-refractivity contribution in [1.82, 2.24) is 20.0 Å². The molecule has 152 valence electrons. The number of hydrogen-bond donors (Lipinski definition) is 3.